The van der Waals surface area contributed by atoms with E-state index in [1.54, 1.807) is 12.1 Å². The summed E-state index contributed by atoms with van der Waals surface area (Å²) in [6.45, 7) is 4.69. The number of nitrogens with zero attached hydrogens (tertiary/aromatic N) is 2. The zero-order chi connectivity index (χ0) is 20.9. The minimum absolute atomic E-state index is 0.0962. The monoisotopic (exact) mass is 397 g/mol. The maximum atomic E-state index is 12.4. The fourth-order valence-electron chi connectivity index (χ4n) is 3.30. The molecule has 1 N–H and O–H groups in total. The van der Waals surface area contributed by atoms with Crippen LogP contribution in [0, 0.1) is 13.8 Å². The van der Waals surface area contributed by atoms with Crippen molar-refractivity contribution in [1.29, 1.82) is 0 Å². The van der Waals surface area contributed by atoms with Crippen molar-refractivity contribution < 1.29 is 9.21 Å². The number of hydrogen-bond donors (Lipinski definition) is 1. The molecule has 0 atom stereocenters. The molecule has 4 rings (SSSR count). The molecule has 1 aromatic heterocycles. The van der Waals surface area contributed by atoms with Gasteiger partial charge in [-0.3, -0.25) is 4.79 Å². The molecule has 0 aliphatic rings. The summed E-state index contributed by atoms with van der Waals surface area (Å²) in [5.41, 5.74) is 5.87. The first-order valence-electron chi connectivity index (χ1n) is 9.94. The standard InChI is InChI=1S/C25H23N3O2/c1-17-6-5-9-22(16-17)25-28-27-24(30-25)21-12-10-20(11-13-21)23(29)26-15-14-19-8-4-3-7-18(19)2/h3-13,16H,14-15H2,1-2H3,(H,26,29). The van der Waals surface area contributed by atoms with Gasteiger partial charge in [0.25, 0.3) is 5.91 Å². The van der Waals surface area contributed by atoms with Crippen molar-refractivity contribution >= 4 is 5.91 Å². The number of aryl methyl sites for hydroxylation is 2. The van der Waals surface area contributed by atoms with E-state index in [2.05, 4.69) is 34.6 Å². The number of amides is 1. The van der Waals surface area contributed by atoms with Gasteiger partial charge in [0.1, 0.15) is 0 Å². The van der Waals surface area contributed by atoms with E-state index in [4.69, 9.17) is 4.42 Å². The Balaban J connectivity index is 1.39. The lowest BCUT2D eigenvalue weighted by Crippen LogP contribution is -2.25. The molecular formula is C25H23N3O2. The van der Waals surface area contributed by atoms with Crippen LogP contribution in [0.25, 0.3) is 22.9 Å². The highest BCUT2D eigenvalue weighted by Gasteiger charge is 2.12. The summed E-state index contributed by atoms with van der Waals surface area (Å²) in [5, 5.41) is 11.3. The van der Waals surface area contributed by atoms with E-state index in [1.165, 1.54) is 11.1 Å². The second kappa shape index (κ2) is 8.74. The zero-order valence-corrected chi connectivity index (χ0v) is 17.1. The summed E-state index contributed by atoms with van der Waals surface area (Å²) in [6, 6.07) is 23.3. The predicted octanol–water partition coefficient (Wildman–Crippen LogP) is 4.99. The van der Waals surface area contributed by atoms with Crippen molar-refractivity contribution in [3.8, 4) is 22.9 Å². The summed E-state index contributed by atoms with van der Waals surface area (Å²) in [4.78, 5) is 12.4. The van der Waals surface area contributed by atoms with Gasteiger partial charge in [0, 0.05) is 23.2 Å². The molecular weight excluding hydrogens is 374 g/mol. The number of carbonyl (C=O) groups excluding carboxylic acids is 1. The van der Waals surface area contributed by atoms with Crippen molar-refractivity contribution in [2.24, 2.45) is 0 Å². The largest absolute Gasteiger partial charge is 0.416 e. The average molecular weight is 397 g/mol. The van der Waals surface area contributed by atoms with Crippen LogP contribution >= 0.6 is 0 Å². The number of nitrogens with one attached hydrogen (secondary N) is 1. The van der Waals surface area contributed by atoms with Crippen LogP contribution in [0.15, 0.2) is 77.2 Å². The minimum atomic E-state index is -0.0962. The number of rotatable bonds is 6. The van der Waals surface area contributed by atoms with Gasteiger partial charge < -0.3 is 9.73 Å². The van der Waals surface area contributed by atoms with Gasteiger partial charge in [-0.05, 0) is 67.8 Å². The second-order valence-corrected chi connectivity index (χ2v) is 7.29. The van der Waals surface area contributed by atoms with E-state index in [0.717, 1.165) is 23.1 Å². The number of benzene rings is 3. The van der Waals surface area contributed by atoms with Crippen molar-refractivity contribution in [3.05, 3.63) is 95.1 Å². The van der Waals surface area contributed by atoms with Crippen LogP contribution in [0.4, 0.5) is 0 Å². The first-order chi connectivity index (χ1) is 14.6. The summed E-state index contributed by atoms with van der Waals surface area (Å²) in [6.07, 6.45) is 0.806. The summed E-state index contributed by atoms with van der Waals surface area (Å²) in [5.74, 6) is 0.811. The SMILES string of the molecule is Cc1cccc(-c2nnc(-c3ccc(C(=O)NCCc4ccccc4C)cc3)o2)c1. The molecule has 30 heavy (non-hydrogen) atoms. The molecule has 0 unspecified atom stereocenters. The maximum Gasteiger partial charge on any atom is 0.251 e. The Labute approximate surface area is 175 Å². The van der Waals surface area contributed by atoms with E-state index in [9.17, 15) is 4.79 Å². The zero-order valence-electron chi connectivity index (χ0n) is 17.1. The third kappa shape index (κ3) is 4.46. The lowest BCUT2D eigenvalue weighted by Gasteiger charge is -2.08. The summed E-state index contributed by atoms with van der Waals surface area (Å²) in [7, 11) is 0. The van der Waals surface area contributed by atoms with Gasteiger partial charge in [-0.1, -0.05) is 42.0 Å². The molecule has 0 spiro atoms. The van der Waals surface area contributed by atoms with E-state index in [-0.39, 0.29) is 5.91 Å². The second-order valence-electron chi connectivity index (χ2n) is 7.29. The fraction of sp³-hybridized carbons (Fsp3) is 0.160. The Hall–Kier alpha value is -3.73. The topological polar surface area (TPSA) is 68.0 Å². The van der Waals surface area contributed by atoms with Gasteiger partial charge in [0.2, 0.25) is 11.8 Å². The molecule has 0 aliphatic heterocycles. The van der Waals surface area contributed by atoms with Crippen molar-refractivity contribution in [1.82, 2.24) is 15.5 Å². The third-order valence-corrected chi connectivity index (χ3v) is 5.03. The molecule has 3 aromatic carbocycles. The number of aromatic nitrogens is 2. The highest BCUT2D eigenvalue weighted by atomic mass is 16.4. The van der Waals surface area contributed by atoms with E-state index in [1.807, 2.05) is 55.5 Å². The molecule has 5 heteroatoms. The van der Waals surface area contributed by atoms with Crippen LogP contribution in [0.2, 0.25) is 0 Å². The van der Waals surface area contributed by atoms with Crippen LogP contribution in [0.1, 0.15) is 27.0 Å². The molecule has 0 saturated carbocycles. The van der Waals surface area contributed by atoms with E-state index in [0.29, 0.717) is 23.9 Å². The lowest BCUT2D eigenvalue weighted by atomic mass is 10.1. The molecule has 0 aliphatic carbocycles. The summed E-state index contributed by atoms with van der Waals surface area (Å²) < 4.78 is 5.81. The molecule has 5 nitrogen and oxygen atoms in total. The molecule has 1 amide bonds. The van der Waals surface area contributed by atoms with Gasteiger partial charge in [-0.2, -0.15) is 0 Å². The molecule has 0 radical (unpaired) electrons. The quantitative estimate of drug-likeness (QED) is 0.497. The molecule has 150 valence electrons. The molecule has 4 aromatic rings. The Morgan fingerprint density at radius 1 is 0.867 bits per heavy atom. The normalized spacial score (nSPS) is 10.7. The Kier molecular flexibility index (Phi) is 5.70. The van der Waals surface area contributed by atoms with Gasteiger partial charge >= 0.3 is 0 Å². The van der Waals surface area contributed by atoms with Crippen LogP contribution in [-0.4, -0.2) is 22.6 Å². The molecule has 1 heterocycles. The van der Waals surface area contributed by atoms with Gasteiger partial charge in [0.15, 0.2) is 0 Å². The van der Waals surface area contributed by atoms with Crippen LogP contribution in [0.5, 0.6) is 0 Å². The average Bonchev–Trinajstić information content (AvgIpc) is 3.25. The van der Waals surface area contributed by atoms with Crippen molar-refractivity contribution in [3.63, 3.8) is 0 Å². The summed E-state index contributed by atoms with van der Waals surface area (Å²) >= 11 is 0. The number of carbonyl (C=O) groups is 1. The Bertz CT molecular complexity index is 1160. The third-order valence-electron chi connectivity index (χ3n) is 5.03. The molecule has 0 saturated heterocycles. The van der Waals surface area contributed by atoms with Gasteiger partial charge in [0.05, 0.1) is 0 Å². The highest BCUT2D eigenvalue weighted by molar-refractivity contribution is 5.94. The number of hydrogen-bond acceptors (Lipinski definition) is 4. The molecule has 0 bridgehead atoms. The first kappa shape index (κ1) is 19.6. The Morgan fingerprint density at radius 2 is 1.60 bits per heavy atom. The van der Waals surface area contributed by atoms with Crippen molar-refractivity contribution in [2.75, 3.05) is 6.54 Å². The first-order valence-corrected chi connectivity index (χ1v) is 9.94. The smallest absolute Gasteiger partial charge is 0.251 e. The van der Waals surface area contributed by atoms with Crippen LogP contribution < -0.4 is 5.32 Å². The van der Waals surface area contributed by atoms with Crippen LogP contribution in [-0.2, 0) is 6.42 Å². The Morgan fingerprint density at radius 3 is 2.33 bits per heavy atom. The predicted molar refractivity (Wildman–Crippen MR) is 117 cm³/mol. The maximum absolute atomic E-state index is 12.4. The van der Waals surface area contributed by atoms with E-state index >= 15 is 0 Å². The molecule has 0 fully saturated rings. The van der Waals surface area contributed by atoms with Gasteiger partial charge in [-0.25, -0.2) is 0 Å². The highest BCUT2D eigenvalue weighted by Crippen LogP contribution is 2.24. The van der Waals surface area contributed by atoms with Crippen molar-refractivity contribution in [2.45, 2.75) is 20.3 Å². The van der Waals surface area contributed by atoms with Gasteiger partial charge in [-0.15, -0.1) is 10.2 Å². The van der Waals surface area contributed by atoms with E-state index < -0.39 is 0 Å². The fourth-order valence-corrected chi connectivity index (χ4v) is 3.30. The minimum Gasteiger partial charge on any atom is -0.416 e. The van der Waals surface area contributed by atoms with Crippen LogP contribution in [0.3, 0.4) is 0 Å². The lowest BCUT2D eigenvalue weighted by molar-refractivity contribution is 0.0954.